The van der Waals surface area contributed by atoms with Gasteiger partial charge in [0.25, 0.3) is 0 Å². The Kier molecular flexibility index (Phi) is 7.62. The molecular weight excluding hydrogens is 765 g/mol. The van der Waals surface area contributed by atoms with Gasteiger partial charge in [-0.25, -0.2) is 0 Å². The molecule has 0 aliphatic heterocycles. The molecule has 0 radical (unpaired) electrons. The summed E-state index contributed by atoms with van der Waals surface area (Å²) in [4.78, 5) is 19.2. The van der Waals surface area contributed by atoms with Crippen molar-refractivity contribution in [2.75, 3.05) is 0 Å². The lowest BCUT2D eigenvalue weighted by molar-refractivity contribution is 0.661. The van der Waals surface area contributed by atoms with Crippen LogP contribution in [0.2, 0.25) is 0 Å². The molecule has 294 valence electrons. The third-order valence-electron chi connectivity index (χ3n) is 13.6. The molecule has 0 bridgehead atoms. The van der Waals surface area contributed by atoms with E-state index in [1.54, 1.807) is 24.8 Å². The van der Waals surface area contributed by atoms with E-state index in [0.717, 1.165) is 54.7 Å². The highest BCUT2D eigenvalue weighted by Gasteiger charge is 2.36. The average Bonchev–Trinajstić information content (AvgIpc) is 3.58. The first-order valence-electron chi connectivity index (χ1n) is 21.6. The van der Waals surface area contributed by atoms with E-state index in [0.29, 0.717) is 0 Å². The minimum Gasteiger partial charge on any atom is -0.252 e. The second kappa shape index (κ2) is 13.5. The molecule has 0 saturated carbocycles. The van der Waals surface area contributed by atoms with Crippen molar-refractivity contribution in [2.45, 2.75) is 19.3 Å². The molecule has 4 nitrogen and oxygen atoms in total. The minimum atomic E-state index is -0.182. The van der Waals surface area contributed by atoms with E-state index < -0.39 is 0 Å². The Morgan fingerprint density at radius 2 is 0.587 bits per heavy atom. The van der Waals surface area contributed by atoms with Gasteiger partial charge in [-0.15, -0.1) is 0 Å². The predicted octanol–water partition coefficient (Wildman–Crippen LogP) is 15.2. The van der Waals surface area contributed by atoms with Crippen molar-refractivity contribution < 1.29 is 0 Å². The maximum absolute atomic E-state index is 4.82. The van der Waals surface area contributed by atoms with Crippen LogP contribution in [0.1, 0.15) is 25.0 Å². The van der Waals surface area contributed by atoms with E-state index in [1.165, 1.54) is 77.2 Å². The lowest BCUT2D eigenvalue weighted by atomic mass is 9.80. The molecule has 10 aromatic carbocycles. The fourth-order valence-electron chi connectivity index (χ4n) is 10.5. The zero-order valence-corrected chi connectivity index (χ0v) is 34.8. The van der Waals surface area contributed by atoms with E-state index in [2.05, 4.69) is 184 Å². The SMILES string of the molecule is CC1(C)c2cc(-c3cccc(-c4ccc5c6ccccc6c6nccnc6c5c4)c3)ccc2-c2ccc(-c3cccc(-c4ccc5c6ccccc6c6nccnc6c5c4)c3)cc21. The second-order valence-corrected chi connectivity index (χ2v) is 17.4. The van der Waals surface area contributed by atoms with Crippen molar-refractivity contribution in [2.24, 2.45) is 0 Å². The number of aromatic nitrogens is 4. The van der Waals surface area contributed by atoms with Gasteiger partial charge in [0, 0.05) is 51.7 Å². The minimum absolute atomic E-state index is 0.182. The molecule has 63 heavy (non-hydrogen) atoms. The van der Waals surface area contributed by atoms with Crippen LogP contribution in [0.4, 0.5) is 0 Å². The molecule has 1 aliphatic rings. The summed E-state index contributed by atoms with van der Waals surface area (Å²) in [7, 11) is 0. The molecule has 0 atom stereocenters. The molecule has 13 rings (SSSR count). The monoisotopic (exact) mass is 802 g/mol. The molecule has 0 amide bonds. The van der Waals surface area contributed by atoms with E-state index in [1.807, 2.05) is 0 Å². The summed E-state index contributed by atoms with van der Waals surface area (Å²) < 4.78 is 0. The molecular formula is C59H38N4. The van der Waals surface area contributed by atoms with Crippen LogP contribution < -0.4 is 0 Å². The highest BCUT2D eigenvalue weighted by Crippen LogP contribution is 2.51. The number of fused-ring (bicyclic) bond motifs is 15. The quantitative estimate of drug-likeness (QED) is 0.166. The van der Waals surface area contributed by atoms with Gasteiger partial charge in [0.1, 0.15) is 0 Å². The van der Waals surface area contributed by atoms with Crippen LogP contribution in [0.15, 0.2) is 195 Å². The van der Waals surface area contributed by atoms with Gasteiger partial charge in [0.15, 0.2) is 0 Å². The van der Waals surface area contributed by atoms with E-state index in [9.17, 15) is 0 Å². The van der Waals surface area contributed by atoms with Gasteiger partial charge in [0.2, 0.25) is 0 Å². The van der Waals surface area contributed by atoms with Crippen LogP contribution in [-0.2, 0) is 5.41 Å². The van der Waals surface area contributed by atoms with Crippen LogP contribution in [0.5, 0.6) is 0 Å². The highest BCUT2D eigenvalue weighted by atomic mass is 14.8. The molecule has 0 fully saturated rings. The van der Waals surface area contributed by atoms with Crippen LogP contribution >= 0.6 is 0 Å². The van der Waals surface area contributed by atoms with Gasteiger partial charge in [0.05, 0.1) is 22.1 Å². The molecule has 0 N–H and O–H groups in total. The average molecular weight is 803 g/mol. The van der Waals surface area contributed by atoms with E-state index in [-0.39, 0.29) is 5.41 Å². The van der Waals surface area contributed by atoms with Crippen molar-refractivity contribution in [3.8, 4) is 55.6 Å². The molecule has 12 aromatic rings. The zero-order valence-electron chi connectivity index (χ0n) is 34.8. The van der Waals surface area contributed by atoms with Gasteiger partial charge in [-0.1, -0.05) is 147 Å². The summed E-state index contributed by atoms with van der Waals surface area (Å²) in [5.41, 5.74) is 18.4. The normalized spacial score (nSPS) is 13.0. The van der Waals surface area contributed by atoms with Crippen molar-refractivity contribution in [3.05, 3.63) is 206 Å². The Balaban J connectivity index is 0.842. The molecule has 2 heterocycles. The fourth-order valence-corrected chi connectivity index (χ4v) is 10.5. The van der Waals surface area contributed by atoms with Gasteiger partial charge < -0.3 is 0 Å². The summed E-state index contributed by atoms with van der Waals surface area (Å²) >= 11 is 0. The molecule has 0 spiro atoms. The summed E-state index contributed by atoms with van der Waals surface area (Å²) in [6, 6.07) is 62.5. The van der Waals surface area contributed by atoms with E-state index >= 15 is 0 Å². The Hall–Kier alpha value is -8.08. The van der Waals surface area contributed by atoms with Crippen LogP contribution in [0.25, 0.3) is 121 Å². The van der Waals surface area contributed by atoms with Gasteiger partial charge >= 0.3 is 0 Å². The van der Waals surface area contributed by atoms with Crippen LogP contribution in [0, 0.1) is 0 Å². The predicted molar refractivity (Wildman–Crippen MR) is 262 cm³/mol. The molecule has 0 saturated heterocycles. The smallest absolute Gasteiger partial charge is 0.0971 e. The number of hydrogen-bond acceptors (Lipinski definition) is 4. The highest BCUT2D eigenvalue weighted by molar-refractivity contribution is 6.24. The maximum Gasteiger partial charge on any atom is 0.0971 e. The van der Waals surface area contributed by atoms with Crippen LogP contribution in [0.3, 0.4) is 0 Å². The number of nitrogens with zero attached hydrogens (tertiary/aromatic N) is 4. The van der Waals surface area contributed by atoms with E-state index in [4.69, 9.17) is 19.9 Å². The number of hydrogen-bond donors (Lipinski definition) is 0. The molecule has 2 aromatic heterocycles. The number of benzene rings is 10. The first kappa shape index (κ1) is 35.7. The summed E-state index contributed by atoms with van der Waals surface area (Å²) in [6.07, 6.45) is 7.16. The standard InChI is InChI=1S/C59H38N4/c1-59(2)53-33-41(37-11-7-9-35(29-37)39-17-21-45-43-13-3-5-15-49(43)55-57(51(45)31-39)62-27-25-60-55)19-23-47(53)48-24-20-42(34-54(48)59)38-12-8-10-36(30-38)40-18-22-46-44-14-4-6-16-50(44)56-58(52(46)32-40)63-28-26-61-56/h3-34H,1-2H3. The number of rotatable bonds is 4. The van der Waals surface area contributed by atoms with Crippen molar-refractivity contribution in [1.29, 1.82) is 0 Å². The Morgan fingerprint density at radius 3 is 1.00 bits per heavy atom. The third kappa shape index (κ3) is 5.41. The lowest BCUT2D eigenvalue weighted by Gasteiger charge is -2.23. The molecule has 0 unspecified atom stereocenters. The maximum atomic E-state index is 4.82. The molecule has 1 aliphatic carbocycles. The van der Waals surface area contributed by atoms with Gasteiger partial charge in [-0.3, -0.25) is 19.9 Å². The van der Waals surface area contributed by atoms with Crippen molar-refractivity contribution >= 4 is 65.2 Å². The Bertz CT molecular complexity index is 3580. The van der Waals surface area contributed by atoms with Crippen LogP contribution in [-0.4, -0.2) is 19.9 Å². The first-order valence-corrected chi connectivity index (χ1v) is 21.6. The van der Waals surface area contributed by atoms with Gasteiger partial charge in [-0.2, -0.15) is 0 Å². The third-order valence-corrected chi connectivity index (χ3v) is 13.6. The van der Waals surface area contributed by atoms with Gasteiger partial charge in [-0.05, 0) is 125 Å². The largest absolute Gasteiger partial charge is 0.252 e. The molecule has 4 heteroatoms. The van der Waals surface area contributed by atoms with Crippen molar-refractivity contribution in [3.63, 3.8) is 0 Å². The Labute approximate surface area is 364 Å². The lowest BCUT2D eigenvalue weighted by Crippen LogP contribution is -2.15. The fraction of sp³-hybridized carbons (Fsp3) is 0.0508. The summed E-state index contributed by atoms with van der Waals surface area (Å²) in [5.74, 6) is 0. The summed E-state index contributed by atoms with van der Waals surface area (Å²) in [6.45, 7) is 4.74. The first-order chi connectivity index (χ1) is 31.0. The topological polar surface area (TPSA) is 51.6 Å². The van der Waals surface area contributed by atoms with Crippen molar-refractivity contribution in [1.82, 2.24) is 19.9 Å². The summed E-state index contributed by atoms with van der Waals surface area (Å²) in [5, 5.41) is 9.28. The second-order valence-electron chi connectivity index (χ2n) is 17.4. The zero-order chi connectivity index (χ0) is 41.8. The Morgan fingerprint density at radius 1 is 0.270 bits per heavy atom.